The zero-order chi connectivity index (χ0) is 17.9. The molecule has 0 aliphatic carbocycles. The van der Waals surface area contributed by atoms with Gasteiger partial charge in [-0.3, -0.25) is 4.79 Å². The summed E-state index contributed by atoms with van der Waals surface area (Å²) in [5.41, 5.74) is 1.99. The molecule has 0 radical (unpaired) electrons. The first-order valence-electron chi connectivity index (χ1n) is 8.20. The average Bonchev–Trinajstić information content (AvgIpc) is 2.98. The third-order valence-corrected chi connectivity index (χ3v) is 4.12. The highest BCUT2D eigenvalue weighted by atomic mass is 32.2. The van der Waals surface area contributed by atoms with E-state index in [4.69, 9.17) is 4.52 Å². The smallest absolute Gasteiger partial charge is 0.241 e. The number of nitrogens with zero attached hydrogens (tertiary/aromatic N) is 3. The van der Waals surface area contributed by atoms with Crippen molar-refractivity contribution in [3.8, 4) is 0 Å². The van der Waals surface area contributed by atoms with Crippen LogP contribution >= 0.6 is 11.8 Å². The Hall–Kier alpha value is -1.70. The summed E-state index contributed by atoms with van der Waals surface area (Å²) in [6.07, 6.45) is 3.66. The van der Waals surface area contributed by atoms with Gasteiger partial charge in [-0.1, -0.05) is 19.0 Å². The number of likely N-dealkylation sites (N-methyl/N-ethyl adjacent to an activating group) is 1. The minimum atomic E-state index is 0.00263. The van der Waals surface area contributed by atoms with E-state index in [-0.39, 0.29) is 12.5 Å². The van der Waals surface area contributed by atoms with Gasteiger partial charge in [0.25, 0.3) is 0 Å². The van der Waals surface area contributed by atoms with Crippen molar-refractivity contribution in [1.29, 1.82) is 0 Å². The molecule has 1 aromatic rings. The van der Waals surface area contributed by atoms with E-state index in [2.05, 4.69) is 34.0 Å². The zero-order valence-corrected chi connectivity index (χ0v) is 16.1. The minimum Gasteiger partial charge on any atom is -0.361 e. The molecular weight excluding hydrogens is 326 g/mol. The van der Waals surface area contributed by atoms with Crippen LogP contribution in [0, 0.1) is 0 Å². The second-order valence-corrected chi connectivity index (χ2v) is 6.45. The van der Waals surface area contributed by atoms with Crippen LogP contribution in [-0.2, 0) is 24.2 Å². The van der Waals surface area contributed by atoms with Gasteiger partial charge in [-0.2, -0.15) is 11.8 Å². The second kappa shape index (κ2) is 11.0. The van der Waals surface area contributed by atoms with Gasteiger partial charge in [-0.05, 0) is 12.7 Å². The van der Waals surface area contributed by atoms with E-state index in [0.717, 1.165) is 42.2 Å². The maximum Gasteiger partial charge on any atom is 0.241 e. The summed E-state index contributed by atoms with van der Waals surface area (Å²) >= 11 is 1.76. The van der Waals surface area contributed by atoms with Gasteiger partial charge in [-0.25, -0.2) is 4.99 Å². The van der Waals surface area contributed by atoms with Gasteiger partial charge in [0.05, 0.1) is 18.8 Å². The molecule has 1 aromatic heterocycles. The Labute approximate surface area is 148 Å². The molecule has 1 rings (SSSR count). The van der Waals surface area contributed by atoms with Gasteiger partial charge in [0.1, 0.15) is 5.76 Å². The van der Waals surface area contributed by atoms with Gasteiger partial charge < -0.3 is 20.1 Å². The van der Waals surface area contributed by atoms with E-state index in [0.29, 0.717) is 12.5 Å². The molecular formula is C16H29N5O2S. The predicted octanol–water partition coefficient (Wildman–Crippen LogP) is 1.29. The number of aryl methyl sites for hydroxylation is 2. The maximum absolute atomic E-state index is 11.8. The van der Waals surface area contributed by atoms with Crippen LogP contribution in [-0.4, -0.2) is 61.1 Å². The highest BCUT2D eigenvalue weighted by Gasteiger charge is 2.13. The Balaban J connectivity index is 2.79. The fourth-order valence-electron chi connectivity index (χ4n) is 2.04. The molecule has 0 saturated carbocycles. The highest BCUT2D eigenvalue weighted by molar-refractivity contribution is 7.98. The first-order chi connectivity index (χ1) is 11.5. The lowest BCUT2D eigenvalue weighted by Gasteiger charge is -2.14. The topological polar surface area (TPSA) is 82.8 Å². The number of carbonyl (C=O) groups excluding carboxylic acids is 1. The van der Waals surface area contributed by atoms with Crippen molar-refractivity contribution in [3.05, 3.63) is 17.0 Å². The second-order valence-electron chi connectivity index (χ2n) is 5.46. The molecule has 0 spiro atoms. The molecule has 0 unspecified atom stereocenters. The number of amides is 1. The Morgan fingerprint density at radius 2 is 2.04 bits per heavy atom. The number of thioether (sulfide) groups is 1. The largest absolute Gasteiger partial charge is 0.361 e. The van der Waals surface area contributed by atoms with E-state index in [9.17, 15) is 4.79 Å². The predicted molar refractivity (Wildman–Crippen MR) is 99.5 cm³/mol. The fraction of sp³-hybridized carbons (Fsp3) is 0.688. The first kappa shape index (κ1) is 20.3. The van der Waals surface area contributed by atoms with Crippen LogP contribution in [0.4, 0.5) is 0 Å². The van der Waals surface area contributed by atoms with E-state index >= 15 is 0 Å². The molecule has 0 aromatic carbocycles. The Morgan fingerprint density at radius 3 is 2.62 bits per heavy atom. The Morgan fingerprint density at radius 1 is 1.29 bits per heavy atom. The highest BCUT2D eigenvalue weighted by Crippen LogP contribution is 2.16. The number of carbonyl (C=O) groups is 1. The summed E-state index contributed by atoms with van der Waals surface area (Å²) in [5.74, 6) is 2.48. The van der Waals surface area contributed by atoms with E-state index in [1.165, 1.54) is 0 Å². The van der Waals surface area contributed by atoms with Crippen LogP contribution in [0.3, 0.4) is 0 Å². The molecule has 1 heterocycles. The normalized spacial score (nSPS) is 11.5. The molecule has 24 heavy (non-hydrogen) atoms. The quantitative estimate of drug-likeness (QED) is 0.395. The molecule has 136 valence electrons. The maximum atomic E-state index is 11.8. The molecule has 0 aliphatic heterocycles. The van der Waals surface area contributed by atoms with Gasteiger partial charge in [-0.15, -0.1) is 0 Å². The average molecular weight is 356 g/mol. The van der Waals surface area contributed by atoms with Crippen LogP contribution in [0.5, 0.6) is 0 Å². The van der Waals surface area contributed by atoms with Crippen LogP contribution < -0.4 is 10.6 Å². The van der Waals surface area contributed by atoms with Crippen LogP contribution in [0.25, 0.3) is 0 Å². The summed E-state index contributed by atoms with van der Waals surface area (Å²) in [6, 6.07) is 0. The molecule has 1 amide bonds. The molecule has 7 nitrogen and oxygen atoms in total. The summed E-state index contributed by atoms with van der Waals surface area (Å²) in [5, 5.41) is 10.4. The lowest BCUT2D eigenvalue weighted by Crippen LogP contribution is -2.43. The fourth-order valence-corrected chi connectivity index (χ4v) is 2.34. The van der Waals surface area contributed by atoms with E-state index in [1.807, 2.05) is 6.92 Å². The molecule has 8 heteroatoms. The van der Waals surface area contributed by atoms with Crippen molar-refractivity contribution < 1.29 is 9.32 Å². The van der Waals surface area contributed by atoms with E-state index < -0.39 is 0 Å². The van der Waals surface area contributed by atoms with Crippen molar-refractivity contribution in [3.63, 3.8) is 0 Å². The summed E-state index contributed by atoms with van der Waals surface area (Å²) < 4.78 is 5.37. The monoisotopic (exact) mass is 355 g/mol. The van der Waals surface area contributed by atoms with Crippen molar-refractivity contribution in [2.75, 3.05) is 39.2 Å². The number of rotatable bonds is 9. The van der Waals surface area contributed by atoms with Gasteiger partial charge >= 0.3 is 0 Å². The van der Waals surface area contributed by atoms with Gasteiger partial charge in [0.2, 0.25) is 5.91 Å². The van der Waals surface area contributed by atoms with Crippen molar-refractivity contribution in [2.45, 2.75) is 33.2 Å². The third kappa shape index (κ3) is 6.43. The Kier molecular flexibility index (Phi) is 9.29. The van der Waals surface area contributed by atoms with Crippen LogP contribution in [0.15, 0.2) is 9.52 Å². The minimum absolute atomic E-state index is 0.00263. The van der Waals surface area contributed by atoms with Gasteiger partial charge in [0, 0.05) is 38.4 Å². The van der Waals surface area contributed by atoms with Gasteiger partial charge in [0.15, 0.2) is 5.96 Å². The summed E-state index contributed by atoms with van der Waals surface area (Å²) in [6.45, 7) is 5.58. The Bertz CT molecular complexity index is 521. The van der Waals surface area contributed by atoms with E-state index in [1.54, 1.807) is 30.8 Å². The number of nitrogens with one attached hydrogen (secondary N) is 2. The molecule has 0 fully saturated rings. The summed E-state index contributed by atoms with van der Waals surface area (Å²) in [7, 11) is 3.47. The lowest BCUT2D eigenvalue weighted by molar-refractivity contribution is -0.127. The van der Waals surface area contributed by atoms with Crippen molar-refractivity contribution >= 4 is 23.6 Å². The summed E-state index contributed by atoms with van der Waals surface area (Å²) in [4.78, 5) is 17.9. The lowest BCUT2D eigenvalue weighted by atomic mass is 10.1. The molecule has 0 aliphatic rings. The molecule has 2 N–H and O–H groups in total. The third-order valence-electron chi connectivity index (χ3n) is 3.51. The zero-order valence-electron chi connectivity index (χ0n) is 15.3. The number of guanidine groups is 1. The number of hydrogen-bond donors (Lipinski definition) is 2. The SMILES string of the molecule is CCc1noc(CC)c1CN=C(NCCSC)NCC(=O)N(C)C. The molecule has 0 bridgehead atoms. The standard InChI is InChI=1S/C16H29N5O2S/c1-6-13-12(14(7-2)23-20-13)10-18-16(17-8-9-24-5)19-11-15(22)21(3)4/h6-11H2,1-5H3,(H2,17,18,19). The number of aromatic nitrogens is 1. The first-order valence-corrected chi connectivity index (χ1v) is 9.60. The molecule has 0 atom stereocenters. The van der Waals surface area contributed by atoms with Crippen molar-refractivity contribution in [2.24, 2.45) is 4.99 Å². The van der Waals surface area contributed by atoms with Crippen LogP contribution in [0.2, 0.25) is 0 Å². The number of hydrogen-bond acceptors (Lipinski definition) is 5. The molecule has 0 saturated heterocycles. The van der Waals surface area contributed by atoms with Crippen molar-refractivity contribution in [1.82, 2.24) is 20.7 Å². The van der Waals surface area contributed by atoms with Crippen LogP contribution in [0.1, 0.15) is 30.9 Å². The number of aliphatic imine (C=N–C) groups is 1.